The van der Waals surface area contributed by atoms with Crippen molar-refractivity contribution >= 4 is 23.7 Å². The molecule has 3 aliphatic rings. The number of carboxylic acid groups (broad SMARTS) is 1. The molecule has 2 aliphatic heterocycles. The molecule has 3 rings (SSSR count). The first-order chi connectivity index (χ1) is 11.8. The Morgan fingerprint density at radius 1 is 1.56 bits per heavy atom. The van der Waals surface area contributed by atoms with E-state index in [-0.39, 0.29) is 35.6 Å². The van der Waals surface area contributed by atoms with Crippen molar-refractivity contribution < 1.29 is 29.9 Å². The van der Waals surface area contributed by atoms with Crippen LogP contribution in [0.3, 0.4) is 0 Å². The molecule has 6 nitrogen and oxygen atoms in total. The molecule has 0 amide bonds. The number of carboxylic acids is 1. The lowest BCUT2D eigenvalue weighted by Gasteiger charge is -2.22. The number of carbonyl (C=O) groups excluding carboxylic acids is 2. The molecule has 0 radical (unpaired) electrons. The monoisotopic (exact) mass is 369 g/mol. The lowest BCUT2D eigenvalue weighted by Crippen LogP contribution is -2.69. The van der Waals surface area contributed by atoms with E-state index in [1.807, 2.05) is 0 Å². The second-order valence-electron chi connectivity index (χ2n) is 7.70. The molecule has 7 heteroatoms. The summed E-state index contributed by atoms with van der Waals surface area (Å²) in [6.45, 7) is 4.24. The Hall–Kier alpha value is -1.05. The molecule has 0 aromatic heterocycles. The third-order valence-electron chi connectivity index (χ3n) is 5.69. The number of fused-ring (bicyclic) bond motifs is 3. The van der Waals surface area contributed by atoms with E-state index in [1.165, 1.54) is 17.3 Å². The third kappa shape index (κ3) is 4.04. The molecule has 0 saturated carbocycles. The number of esters is 1. The molecule has 2 fully saturated rings. The Morgan fingerprint density at radius 3 is 3.04 bits per heavy atom. The summed E-state index contributed by atoms with van der Waals surface area (Å²) in [6, 6.07) is -0.762. The van der Waals surface area contributed by atoms with Crippen LogP contribution < -0.4 is 10.8 Å². The van der Waals surface area contributed by atoms with Gasteiger partial charge in [0, 0.05) is 11.7 Å². The van der Waals surface area contributed by atoms with Gasteiger partial charge in [-0.05, 0) is 39.5 Å². The molecule has 0 aromatic carbocycles. The van der Waals surface area contributed by atoms with Crippen molar-refractivity contribution in [3.8, 4) is 0 Å². The highest BCUT2D eigenvalue weighted by Gasteiger charge is 2.62. The molecule has 140 valence electrons. The summed E-state index contributed by atoms with van der Waals surface area (Å²) >= 11 is 1.44. The van der Waals surface area contributed by atoms with Crippen LogP contribution in [0.2, 0.25) is 0 Å². The number of allylic oxidation sites excluding steroid dienone is 2. The first-order valence-electron chi connectivity index (χ1n) is 8.97. The number of carbonyl (C=O) groups is 2. The number of quaternary nitrogens is 1. The van der Waals surface area contributed by atoms with Crippen molar-refractivity contribution in [1.29, 1.82) is 0 Å². The predicted molar refractivity (Wildman–Crippen MR) is 91.4 cm³/mol. The number of hydrogen-bond acceptors (Lipinski definition) is 6. The first-order valence-corrected chi connectivity index (χ1v) is 10.1. The maximum atomic E-state index is 12.4. The largest absolute Gasteiger partial charge is 0.544 e. The quantitative estimate of drug-likeness (QED) is 0.413. The van der Waals surface area contributed by atoms with E-state index in [4.69, 9.17) is 9.47 Å². The summed E-state index contributed by atoms with van der Waals surface area (Å²) in [7, 11) is 0. The van der Waals surface area contributed by atoms with Gasteiger partial charge < -0.3 is 25.1 Å². The predicted octanol–water partition coefficient (Wildman–Crippen LogP) is -0.0844. The molecule has 2 saturated heterocycles. The molecule has 1 aliphatic carbocycles. The van der Waals surface area contributed by atoms with Crippen LogP contribution in [-0.4, -0.2) is 47.3 Å². The van der Waals surface area contributed by atoms with Gasteiger partial charge >= 0.3 is 5.97 Å². The van der Waals surface area contributed by atoms with Crippen molar-refractivity contribution in [2.24, 2.45) is 11.8 Å². The Kier molecular flexibility index (Phi) is 5.46. The zero-order valence-electron chi connectivity index (χ0n) is 14.9. The van der Waals surface area contributed by atoms with E-state index >= 15 is 0 Å². The average Bonchev–Trinajstić information content (AvgIpc) is 3.11. The fourth-order valence-corrected chi connectivity index (χ4v) is 5.13. The fourth-order valence-electron chi connectivity index (χ4n) is 3.93. The Labute approximate surface area is 152 Å². The average molecular weight is 369 g/mol. The second kappa shape index (κ2) is 7.29. The van der Waals surface area contributed by atoms with Gasteiger partial charge in [0.05, 0.1) is 23.2 Å². The molecule has 25 heavy (non-hydrogen) atoms. The Bertz CT molecular complexity index is 580. The number of rotatable bonds is 5. The zero-order chi connectivity index (χ0) is 18.2. The van der Waals surface area contributed by atoms with Crippen LogP contribution in [-0.2, 0) is 19.1 Å². The highest BCUT2D eigenvalue weighted by atomic mass is 32.2. The molecule has 0 bridgehead atoms. The molecular formula is C18H27NO5S. The van der Waals surface area contributed by atoms with Gasteiger partial charge in [-0.15, -0.1) is 0 Å². The van der Waals surface area contributed by atoms with E-state index in [9.17, 15) is 14.7 Å². The van der Waals surface area contributed by atoms with Gasteiger partial charge in [0.2, 0.25) is 0 Å². The van der Waals surface area contributed by atoms with Gasteiger partial charge in [-0.25, -0.2) is 0 Å². The van der Waals surface area contributed by atoms with Crippen LogP contribution in [0.4, 0.5) is 0 Å². The number of hydrogen-bond donors (Lipinski definition) is 1. The van der Waals surface area contributed by atoms with Gasteiger partial charge in [0.1, 0.15) is 18.2 Å². The number of aliphatic carboxylic acids is 1. The summed E-state index contributed by atoms with van der Waals surface area (Å²) in [4.78, 5) is 23.2. The van der Waals surface area contributed by atoms with Crippen LogP contribution in [0, 0.1) is 11.8 Å². The topological polar surface area (TPSA) is 107 Å². The summed E-state index contributed by atoms with van der Waals surface area (Å²) in [5.74, 6) is -0.494. The molecule has 0 spiro atoms. The van der Waals surface area contributed by atoms with E-state index < -0.39 is 12.0 Å². The summed E-state index contributed by atoms with van der Waals surface area (Å²) in [5.41, 5.74) is 4.72. The van der Waals surface area contributed by atoms with E-state index in [2.05, 4.69) is 25.7 Å². The van der Waals surface area contributed by atoms with Gasteiger partial charge in [-0.3, -0.25) is 4.79 Å². The van der Waals surface area contributed by atoms with Crippen molar-refractivity contribution in [3.05, 3.63) is 11.6 Å². The fraction of sp³-hybridized carbons (Fsp3) is 0.778. The SMILES string of the molecule is C/C1=C\CC[C@@]2(C)O[C@@H]2[C@H]2OC(=O)C(CSC[C@H]([NH3+])C(=O)[O-])[C@@H]2CC1. The van der Waals surface area contributed by atoms with E-state index in [0.717, 1.165) is 25.7 Å². The van der Waals surface area contributed by atoms with Crippen molar-refractivity contribution in [2.75, 3.05) is 11.5 Å². The van der Waals surface area contributed by atoms with E-state index in [1.54, 1.807) is 0 Å². The van der Waals surface area contributed by atoms with Crippen molar-refractivity contribution in [3.63, 3.8) is 0 Å². The third-order valence-corrected chi connectivity index (χ3v) is 6.92. The van der Waals surface area contributed by atoms with Crippen molar-refractivity contribution in [2.45, 2.75) is 63.4 Å². The van der Waals surface area contributed by atoms with Crippen LogP contribution in [0.15, 0.2) is 11.6 Å². The smallest absolute Gasteiger partial charge is 0.310 e. The van der Waals surface area contributed by atoms with Crippen LogP contribution >= 0.6 is 11.8 Å². The number of ether oxygens (including phenoxy) is 2. The molecule has 6 atom stereocenters. The van der Waals surface area contributed by atoms with E-state index in [0.29, 0.717) is 11.5 Å². The lowest BCUT2D eigenvalue weighted by atomic mass is 9.81. The normalized spacial score (nSPS) is 40.9. The highest BCUT2D eigenvalue weighted by molar-refractivity contribution is 7.99. The van der Waals surface area contributed by atoms with Gasteiger partial charge in [0.25, 0.3) is 0 Å². The Morgan fingerprint density at radius 2 is 2.32 bits per heavy atom. The highest BCUT2D eigenvalue weighted by Crippen LogP contribution is 2.50. The summed E-state index contributed by atoms with van der Waals surface area (Å²) < 4.78 is 11.7. The first kappa shape index (κ1) is 18.7. The summed E-state index contributed by atoms with van der Waals surface area (Å²) in [5, 5.41) is 10.8. The molecule has 0 aromatic rings. The minimum Gasteiger partial charge on any atom is -0.544 e. The number of thioether (sulfide) groups is 1. The molecule has 1 unspecified atom stereocenters. The van der Waals surface area contributed by atoms with Gasteiger partial charge in [0.15, 0.2) is 0 Å². The van der Waals surface area contributed by atoms with Crippen LogP contribution in [0.5, 0.6) is 0 Å². The molecule has 2 heterocycles. The maximum Gasteiger partial charge on any atom is 0.310 e. The molecular weight excluding hydrogens is 342 g/mol. The van der Waals surface area contributed by atoms with Gasteiger partial charge in [-0.2, -0.15) is 11.8 Å². The van der Waals surface area contributed by atoms with Crippen LogP contribution in [0.1, 0.15) is 39.5 Å². The van der Waals surface area contributed by atoms with Gasteiger partial charge in [-0.1, -0.05) is 11.6 Å². The minimum atomic E-state index is -1.15. The van der Waals surface area contributed by atoms with Crippen molar-refractivity contribution in [1.82, 2.24) is 0 Å². The molecule has 3 N–H and O–H groups in total. The van der Waals surface area contributed by atoms with Crippen LogP contribution in [0.25, 0.3) is 0 Å². The maximum absolute atomic E-state index is 12.4. The second-order valence-corrected chi connectivity index (χ2v) is 8.78. The standard InChI is InChI=1S/C18H27NO5S/c1-10-4-3-7-18(2)15(24-18)14-11(6-5-10)12(17(22)23-14)8-25-9-13(19)16(20)21/h4,11-15H,3,5-9,19H2,1-2H3,(H,20,21)/b10-4+/t11-,12?,13-,14-,15+,18+/m0/s1. The Balaban J connectivity index is 1.68. The summed E-state index contributed by atoms with van der Waals surface area (Å²) in [6.07, 6.45) is 5.89. The zero-order valence-corrected chi connectivity index (χ0v) is 15.7. The number of epoxide rings is 1. The minimum absolute atomic E-state index is 0.00735. The lowest BCUT2D eigenvalue weighted by molar-refractivity contribution is -0.431.